The Bertz CT molecular complexity index is 508. The Morgan fingerprint density at radius 2 is 1.89 bits per heavy atom. The Kier molecular flexibility index (Phi) is 4.96. The SMILES string of the molecule is CS(=O)(=O)Cc1cccc(CCN2CCNCC2)c1. The maximum absolute atomic E-state index is 11.3. The summed E-state index contributed by atoms with van der Waals surface area (Å²) in [6.07, 6.45) is 2.26. The van der Waals surface area contributed by atoms with Gasteiger partial charge in [0.15, 0.2) is 9.84 Å². The van der Waals surface area contributed by atoms with E-state index in [4.69, 9.17) is 0 Å². The van der Waals surface area contributed by atoms with Crippen LogP contribution in [0.3, 0.4) is 0 Å². The Morgan fingerprint density at radius 3 is 2.58 bits per heavy atom. The molecule has 1 aromatic carbocycles. The van der Waals surface area contributed by atoms with Gasteiger partial charge < -0.3 is 10.2 Å². The van der Waals surface area contributed by atoms with Gasteiger partial charge in [0.1, 0.15) is 0 Å². The lowest BCUT2D eigenvalue weighted by atomic mass is 10.1. The quantitative estimate of drug-likeness (QED) is 0.863. The van der Waals surface area contributed by atoms with Crippen molar-refractivity contribution in [2.45, 2.75) is 12.2 Å². The summed E-state index contributed by atoms with van der Waals surface area (Å²) in [5, 5.41) is 3.34. The second kappa shape index (κ2) is 6.50. The third-order valence-corrected chi connectivity index (χ3v) is 4.20. The van der Waals surface area contributed by atoms with E-state index in [-0.39, 0.29) is 5.75 Å². The maximum atomic E-state index is 11.3. The molecule has 2 rings (SSSR count). The zero-order chi connectivity index (χ0) is 13.7. The number of hydrogen-bond acceptors (Lipinski definition) is 4. The Morgan fingerprint density at radius 1 is 1.21 bits per heavy atom. The summed E-state index contributed by atoms with van der Waals surface area (Å²) in [6.45, 7) is 5.37. The topological polar surface area (TPSA) is 49.4 Å². The van der Waals surface area contributed by atoms with Gasteiger partial charge in [0.25, 0.3) is 0 Å². The first kappa shape index (κ1) is 14.5. The van der Waals surface area contributed by atoms with Crippen LogP contribution in [0.1, 0.15) is 11.1 Å². The third-order valence-electron chi connectivity index (χ3n) is 3.35. The number of nitrogens with zero attached hydrogens (tertiary/aromatic N) is 1. The standard InChI is InChI=1S/C14H22N2O2S/c1-19(17,18)12-14-4-2-3-13(11-14)5-8-16-9-6-15-7-10-16/h2-4,11,15H,5-10,12H2,1H3. The summed E-state index contributed by atoms with van der Waals surface area (Å²) in [5.74, 6) is 0.133. The van der Waals surface area contributed by atoms with Crippen molar-refractivity contribution in [3.8, 4) is 0 Å². The molecule has 5 heteroatoms. The number of piperazine rings is 1. The number of rotatable bonds is 5. The van der Waals surface area contributed by atoms with Crippen LogP contribution < -0.4 is 5.32 Å². The Hall–Kier alpha value is -0.910. The Labute approximate surface area is 115 Å². The van der Waals surface area contributed by atoms with Crippen molar-refractivity contribution in [3.63, 3.8) is 0 Å². The van der Waals surface area contributed by atoms with Gasteiger partial charge in [-0.15, -0.1) is 0 Å². The monoisotopic (exact) mass is 282 g/mol. The lowest BCUT2D eigenvalue weighted by Gasteiger charge is -2.27. The van der Waals surface area contributed by atoms with Gasteiger partial charge in [-0.3, -0.25) is 0 Å². The van der Waals surface area contributed by atoms with E-state index in [1.54, 1.807) is 0 Å². The highest BCUT2D eigenvalue weighted by Crippen LogP contribution is 2.10. The molecule has 1 fully saturated rings. The third kappa shape index (κ3) is 5.30. The first-order valence-electron chi connectivity index (χ1n) is 6.71. The van der Waals surface area contributed by atoms with Crippen LogP contribution in [0.5, 0.6) is 0 Å². The fourth-order valence-electron chi connectivity index (χ4n) is 2.40. The van der Waals surface area contributed by atoms with E-state index in [9.17, 15) is 8.42 Å². The Balaban J connectivity index is 1.91. The molecule has 0 aliphatic carbocycles. The van der Waals surface area contributed by atoms with Gasteiger partial charge in [0.2, 0.25) is 0 Å². The van der Waals surface area contributed by atoms with Crippen molar-refractivity contribution in [2.24, 2.45) is 0 Å². The molecule has 0 bridgehead atoms. The summed E-state index contributed by atoms with van der Waals surface area (Å²) in [7, 11) is -2.95. The zero-order valence-electron chi connectivity index (χ0n) is 11.4. The molecule has 1 aliphatic heterocycles. The van der Waals surface area contributed by atoms with E-state index in [2.05, 4.69) is 16.3 Å². The van der Waals surface area contributed by atoms with Crippen molar-refractivity contribution in [1.29, 1.82) is 0 Å². The molecule has 0 radical (unpaired) electrons. The largest absolute Gasteiger partial charge is 0.314 e. The van der Waals surface area contributed by atoms with Gasteiger partial charge in [-0.2, -0.15) is 0 Å². The van der Waals surface area contributed by atoms with E-state index in [1.807, 2.05) is 18.2 Å². The molecule has 1 saturated heterocycles. The molecule has 0 amide bonds. The smallest absolute Gasteiger partial charge is 0.151 e. The van der Waals surface area contributed by atoms with Crippen molar-refractivity contribution in [2.75, 3.05) is 39.0 Å². The summed E-state index contributed by atoms with van der Waals surface area (Å²) in [6, 6.07) is 7.93. The predicted molar refractivity (Wildman–Crippen MR) is 78.0 cm³/mol. The molecular formula is C14H22N2O2S. The molecule has 0 unspecified atom stereocenters. The minimum atomic E-state index is -2.95. The number of hydrogen-bond donors (Lipinski definition) is 1. The number of nitrogens with one attached hydrogen (secondary N) is 1. The molecule has 106 valence electrons. The van der Waals surface area contributed by atoms with Gasteiger partial charge in [-0.05, 0) is 17.5 Å². The molecule has 1 aromatic rings. The highest BCUT2D eigenvalue weighted by molar-refractivity contribution is 7.89. The van der Waals surface area contributed by atoms with Crippen LogP contribution in [0.25, 0.3) is 0 Å². The summed E-state index contributed by atoms with van der Waals surface area (Å²) in [5.41, 5.74) is 2.11. The minimum Gasteiger partial charge on any atom is -0.314 e. The minimum absolute atomic E-state index is 0.133. The fourth-order valence-corrected chi connectivity index (χ4v) is 3.18. The number of sulfone groups is 1. The fraction of sp³-hybridized carbons (Fsp3) is 0.571. The molecule has 0 aromatic heterocycles. The highest BCUT2D eigenvalue weighted by Gasteiger charge is 2.09. The maximum Gasteiger partial charge on any atom is 0.151 e. The molecule has 0 saturated carbocycles. The lowest BCUT2D eigenvalue weighted by molar-refractivity contribution is 0.244. The lowest BCUT2D eigenvalue weighted by Crippen LogP contribution is -2.44. The van der Waals surface area contributed by atoms with Crippen LogP contribution in [-0.4, -0.2) is 52.3 Å². The van der Waals surface area contributed by atoms with Gasteiger partial charge in [0, 0.05) is 39.0 Å². The van der Waals surface area contributed by atoms with Crippen LogP contribution in [0.15, 0.2) is 24.3 Å². The van der Waals surface area contributed by atoms with E-state index >= 15 is 0 Å². The van der Waals surface area contributed by atoms with Crippen LogP contribution in [0.4, 0.5) is 0 Å². The second-order valence-corrected chi connectivity index (χ2v) is 7.37. The van der Waals surface area contributed by atoms with Gasteiger partial charge in [-0.25, -0.2) is 8.42 Å². The van der Waals surface area contributed by atoms with Crippen molar-refractivity contribution < 1.29 is 8.42 Å². The first-order chi connectivity index (χ1) is 9.03. The molecule has 0 atom stereocenters. The van der Waals surface area contributed by atoms with E-state index in [0.29, 0.717) is 0 Å². The second-order valence-electron chi connectivity index (χ2n) is 5.23. The predicted octanol–water partition coefficient (Wildman–Crippen LogP) is 0.679. The van der Waals surface area contributed by atoms with Crippen LogP contribution >= 0.6 is 0 Å². The summed E-state index contributed by atoms with van der Waals surface area (Å²) < 4.78 is 22.6. The molecule has 4 nitrogen and oxygen atoms in total. The van der Waals surface area contributed by atoms with Crippen LogP contribution in [0, 0.1) is 0 Å². The molecule has 0 spiro atoms. The molecule has 1 aliphatic rings. The average Bonchev–Trinajstić information content (AvgIpc) is 2.36. The van der Waals surface area contributed by atoms with E-state index in [0.717, 1.165) is 44.7 Å². The zero-order valence-corrected chi connectivity index (χ0v) is 12.2. The van der Waals surface area contributed by atoms with Crippen LogP contribution in [0.2, 0.25) is 0 Å². The summed E-state index contributed by atoms with van der Waals surface area (Å²) >= 11 is 0. The van der Waals surface area contributed by atoms with Crippen molar-refractivity contribution in [3.05, 3.63) is 35.4 Å². The normalized spacial score (nSPS) is 17.5. The molecule has 19 heavy (non-hydrogen) atoms. The first-order valence-corrected chi connectivity index (χ1v) is 8.78. The average molecular weight is 282 g/mol. The van der Waals surface area contributed by atoms with Gasteiger partial charge in [-0.1, -0.05) is 24.3 Å². The van der Waals surface area contributed by atoms with Gasteiger partial charge >= 0.3 is 0 Å². The summed E-state index contributed by atoms with van der Waals surface area (Å²) in [4.78, 5) is 2.44. The van der Waals surface area contributed by atoms with Gasteiger partial charge in [0.05, 0.1) is 5.75 Å². The van der Waals surface area contributed by atoms with Crippen molar-refractivity contribution >= 4 is 9.84 Å². The van der Waals surface area contributed by atoms with Crippen LogP contribution in [-0.2, 0) is 22.0 Å². The van der Waals surface area contributed by atoms with E-state index < -0.39 is 9.84 Å². The highest BCUT2D eigenvalue weighted by atomic mass is 32.2. The van der Waals surface area contributed by atoms with E-state index in [1.165, 1.54) is 11.8 Å². The molecule has 1 heterocycles. The number of benzene rings is 1. The molecule has 1 N–H and O–H groups in total. The molecular weight excluding hydrogens is 260 g/mol. The van der Waals surface area contributed by atoms with Crippen molar-refractivity contribution in [1.82, 2.24) is 10.2 Å².